The number of anilines is 1. The van der Waals surface area contributed by atoms with Gasteiger partial charge in [-0.1, -0.05) is 12.1 Å². The molecule has 2 heterocycles. The summed E-state index contributed by atoms with van der Waals surface area (Å²) in [6, 6.07) is 8.64. The average Bonchev–Trinajstić information content (AvgIpc) is 3.05. The summed E-state index contributed by atoms with van der Waals surface area (Å²) in [5, 5.41) is 12.6. The van der Waals surface area contributed by atoms with Crippen LogP contribution in [0.4, 0.5) is 5.95 Å². The summed E-state index contributed by atoms with van der Waals surface area (Å²) in [7, 11) is 1.53. The molecule has 0 saturated carbocycles. The highest BCUT2D eigenvalue weighted by molar-refractivity contribution is 5.97. The first-order chi connectivity index (χ1) is 11.7. The SMILES string of the molecule is COc1ccccc1C(=O)NC1CN(c2ncccn2)CC1CO. The number of aliphatic hydroxyl groups is 1. The zero-order valence-corrected chi connectivity index (χ0v) is 13.4. The van der Waals surface area contributed by atoms with Gasteiger partial charge < -0.3 is 20.1 Å². The summed E-state index contributed by atoms with van der Waals surface area (Å²) in [6.07, 6.45) is 3.36. The van der Waals surface area contributed by atoms with Crippen molar-refractivity contribution in [3.63, 3.8) is 0 Å². The van der Waals surface area contributed by atoms with Crippen LogP contribution in [0.15, 0.2) is 42.7 Å². The predicted octanol–water partition coefficient (Wildman–Crippen LogP) is 0.712. The molecule has 3 rings (SSSR count). The number of para-hydroxylation sites is 1. The van der Waals surface area contributed by atoms with Gasteiger partial charge in [-0.2, -0.15) is 0 Å². The van der Waals surface area contributed by atoms with Crippen LogP contribution in [0.25, 0.3) is 0 Å². The van der Waals surface area contributed by atoms with E-state index in [1.807, 2.05) is 11.0 Å². The normalized spacial score (nSPS) is 20.0. The number of aliphatic hydroxyl groups excluding tert-OH is 1. The van der Waals surface area contributed by atoms with E-state index in [1.165, 1.54) is 7.11 Å². The summed E-state index contributed by atoms with van der Waals surface area (Å²) in [5.41, 5.74) is 0.478. The van der Waals surface area contributed by atoms with E-state index >= 15 is 0 Å². The summed E-state index contributed by atoms with van der Waals surface area (Å²) in [4.78, 5) is 23.0. The Labute approximate surface area is 140 Å². The minimum absolute atomic E-state index is 0.0137. The van der Waals surface area contributed by atoms with Gasteiger partial charge in [-0.3, -0.25) is 4.79 Å². The van der Waals surface area contributed by atoms with Crippen LogP contribution in [0.1, 0.15) is 10.4 Å². The number of nitrogens with zero attached hydrogens (tertiary/aromatic N) is 3. The van der Waals surface area contributed by atoms with Crippen LogP contribution < -0.4 is 15.0 Å². The number of aromatic nitrogens is 2. The lowest BCUT2D eigenvalue weighted by atomic mass is 10.0. The summed E-state index contributed by atoms with van der Waals surface area (Å²) >= 11 is 0. The molecule has 2 unspecified atom stereocenters. The summed E-state index contributed by atoms with van der Waals surface area (Å²) < 4.78 is 5.23. The molecule has 24 heavy (non-hydrogen) atoms. The van der Waals surface area contributed by atoms with E-state index in [2.05, 4.69) is 15.3 Å². The molecule has 1 fully saturated rings. The van der Waals surface area contributed by atoms with Crippen molar-refractivity contribution in [2.75, 3.05) is 31.7 Å². The zero-order valence-electron chi connectivity index (χ0n) is 13.4. The van der Waals surface area contributed by atoms with Crippen LogP contribution in [-0.4, -0.2) is 53.8 Å². The van der Waals surface area contributed by atoms with E-state index in [9.17, 15) is 9.90 Å². The van der Waals surface area contributed by atoms with E-state index in [-0.39, 0.29) is 24.5 Å². The molecular formula is C17H20N4O3. The minimum atomic E-state index is -0.216. The highest BCUT2D eigenvalue weighted by Crippen LogP contribution is 2.22. The van der Waals surface area contributed by atoms with Gasteiger partial charge in [0.2, 0.25) is 5.95 Å². The summed E-state index contributed by atoms with van der Waals surface area (Å²) in [6.45, 7) is 1.13. The number of carbonyl (C=O) groups excluding carboxylic acids is 1. The van der Waals surface area contributed by atoms with Crippen molar-refractivity contribution in [3.8, 4) is 5.75 Å². The monoisotopic (exact) mass is 328 g/mol. The lowest BCUT2D eigenvalue weighted by molar-refractivity contribution is 0.0918. The molecule has 0 aliphatic carbocycles. The number of hydrogen-bond acceptors (Lipinski definition) is 6. The topological polar surface area (TPSA) is 87.6 Å². The third-order valence-corrected chi connectivity index (χ3v) is 4.18. The number of amides is 1. The fraction of sp³-hybridized carbons (Fsp3) is 0.353. The lowest BCUT2D eigenvalue weighted by Gasteiger charge is -2.18. The first-order valence-corrected chi connectivity index (χ1v) is 7.79. The number of nitrogens with one attached hydrogen (secondary N) is 1. The molecule has 2 N–H and O–H groups in total. The third kappa shape index (κ3) is 3.30. The van der Waals surface area contributed by atoms with Crippen molar-refractivity contribution in [2.45, 2.75) is 6.04 Å². The van der Waals surface area contributed by atoms with Gasteiger partial charge in [-0.05, 0) is 18.2 Å². The van der Waals surface area contributed by atoms with Crippen molar-refractivity contribution >= 4 is 11.9 Å². The second-order valence-corrected chi connectivity index (χ2v) is 5.68. The lowest BCUT2D eigenvalue weighted by Crippen LogP contribution is -2.41. The standard InChI is InChI=1S/C17H20N4O3/c1-24-15-6-3-2-5-13(15)16(23)20-14-10-21(9-12(14)11-22)17-18-7-4-8-19-17/h2-8,12,14,22H,9-11H2,1H3,(H,20,23). The number of carbonyl (C=O) groups is 1. The minimum Gasteiger partial charge on any atom is -0.496 e. The summed E-state index contributed by atoms with van der Waals surface area (Å²) in [5.74, 6) is 0.834. The molecule has 7 nitrogen and oxygen atoms in total. The van der Waals surface area contributed by atoms with Crippen LogP contribution in [-0.2, 0) is 0 Å². The average molecular weight is 328 g/mol. The van der Waals surface area contributed by atoms with E-state index in [1.54, 1.807) is 36.7 Å². The molecule has 0 radical (unpaired) electrons. The Morgan fingerprint density at radius 2 is 2.04 bits per heavy atom. The van der Waals surface area contributed by atoms with Crippen molar-refractivity contribution in [3.05, 3.63) is 48.3 Å². The number of benzene rings is 1. The van der Waals surface area contributed by atoms with Crippen molar-refractivity contribution < 1.29 is 14.6 Å². The largest absolute Gasteiger partial charge is 0.496 e. The fourth-order valence-electron chi connectivity index (χ4n) is 2.92. The zero-order chi connectivity index (χ0) is 16.9. The Kier molecular flexibility index (Phi) is 4.90. The molecule has 7 heteroatoms. The van der Waals surface area contributed by atoms with Gasteiger partial charge in [0, 0.05) is 38.0 Å². The van der Waals surface area contributed by atoms with E-state index in [0.29, 0.717) is 30.4 Å². The van der Waals surface area contributed by atoms with Crippen LogP contribution in [0.3, 0.4) is 0 Å². The van der Waals surface area contributed by atoms with E-state index in [0.717, 1.165) is 0 Å². The first kappa shape index (κ1) is 16.2. The smallest absolute Gasteiger partial charge is 0.255 e. The molecule has 1 aliphatic rings. The Balaban J connectivity index is 1.73. The highest BCUT2D eigenvalue weighted by atomic mass is 16.5. The Bertz CT molecular complexity index is 695. The maximum atomic E-state index is 12.6. The maximum Gasteiger partial charge on any atom is 0.255 e. The Morgan fingerprint density at radius 1 is 1.29 bits per heavy atom. The van der Waals surface area contributed by atoms with E-state index < -0.39 is 0 Å². The number of methoxy groups -OCH3 is 1. The van der Waals surface area contributed by atoms with E-state index in [4.69, 9.17) is 4.74 Å². The molecule has 2 aromatic rings. The Hall–Kier alpha value is -2.67. The van der Waals surface area contributed by atoms with Crippen molar-refractivity contribution in [1.29, 1.82) is 0 Å². The van der Waals surface area contributed by atoms with Gasteiger partial charge >= 0.3 is 0 Å². The molecular weight excluding hydrogens is 308 g/mol. The number of rotatable bonds is 5. The van der Waals surface area contributed by atoms with Crippen molar-refractivity contribution in [2.24, 2.45) is 5.92 Å². The maximum absolute atomic E-state index is 12.6. The van der Waals surface area contributed by atoms with Crippen LogP contribution >= 0.6 is 0 Å². The molecule has 1 aliphatic heterocycles. The van der Waals surface area contributed by atoms with Gasteiger partial charge in [-0.15, -0.1) is 0 Å². The predicted molar refractivity (Wildman–Crippen MR) is 89.1 cm³/mol. The van der Waals surface area contributed by atoms with Gasteiger partial charge in [0.15, 0.2) is 0 Å². The number of ether oxygens (including phenoxy) is 1. The Morgan fingerprint density at radius 3 is 2.75 bits per heavy atom. The second-order valence-electron chi connectivity index (χ2n) is 5.68. The fourth-order valence-corrected chi connectivity index (χ4v) is 2.92. The van der Waals surface area contributed by atoms with Gasteiger partial charge in [0.25, 0.3) is 5.91 Å². The molecule has 2 atom stereocenters. The molecule has 0 bridgehead atoms. The molecule has 1 aromatic heterocycles. The van der Waals surface area contributed by atoms with Crippen molar-refractivity contribution in [1.82, 2.24) is 15.3 Å². The molecule has 1 saturated heterocycles. The first-order valence-electron chi connectivity index (χ1n) is 7.79. The molecule has 0 spiro atoms. The van der Waals surface area contributed by atoms with Gasteiger partial charge in [0.05, 0.1) is 18.7 Å². The van der Waals surface area contributed by atoms with Crippen LogP contribution in [0.5, 0.6) is 5.75 Å². The quantitative estimate of drug-likeness (QED) is 0.841. The van der Waals surface area contributed by atoms with Crippen LogP contribution in [0, 0.1) is 5.92 Å². The molecule has 126 valence electrons. The highest BCUT2D eigenvalue weighted by Gasteiger charge is 2.35. The number of hydrogen-bond donors (Lipinski definition) is 2. The molecule has 1 aromatic carbocycles. The molecule has 1 amide bonds. The third-order valence-electron chi connectivity index (χ3n) is 4.18. The second kappa shape index (κ2) is 7.27. The van der Waals surface area contributed by atoms with Gasteiger partial charge in [0.1, 0.15) is 5.75 Å². The van der Waals surface area contributed by atoms with Crippen LogP contribution in [0.2, 0.25) is 0 Å². The van der Waals surface area contributed by atoms with Gasteiger partial charge in [-0.25, -0.2) is 9.97 Å².